The zero-order valence-corrected chi connectivity index (χ0v) is 29.2. The number of nitrogens with two attached hydrogens (primary N) is 3. The van der Waals surface area contributed by atoms with Gasteiger partial charge in [0, 0.05) is 31.8 Å². The Morgan fingerprint density at radius 1 is 0.750 bits per heavy atom. The third-order valence-electron chi connectivity index (χ3n) is 8.86. The van der Waals surface area contributed by atoms with Crippen LogP contribution in [0, 0.1) is 29.6 Å². The highest BCUT2D eigenvalue weighted by atomic mass is 16.3. The summed E-state index contributed by atoms with van der Waals surface area (Å²) >= 11 is 0. The monoisotopic (exact) mass is 664 g/mol. The van der Waals surface area contributed by atoms with Gasteiger partial charge in [-0.1, -0.05) is 77.1 Å². The number of carbonyl (C=O) groups excluding carboxylic acids is 4. The van der Waals surface area contributed by atoms with Gasteiger partial charge in [-0.15, -0.1) is 0 Å². The summed E-state index contributed by atoms with van der Waals surface area (Å²) in [7, 11) is 0. The quantitative estimate of drug-likeness (QED) is 0.0663. The van der Waals surface area contributed by atoms with Crippen molar-refractivity contribution in [1.29, 1.82) is 0 Å². The van der Waals surface area contributed by atoms with Crippen molar-refractivity contribution in [3.8, 4) is 5.75 Å². The van der Waals surface area contributed by atoms with Crippen LogP contribution in [0.3, 0.4) is 0 Å². The van der Waals surface area contributed by atoms with Crippen molar-refractivity contribution in [3.05, 3.63) is 65.7 Å². The molecule has 2 rings (SSSR count). The maximum atomic E-state index is 14.1. The minimum atomic E-state index is -0.920. The van der Waals surface area contributed by atoms with Crippen LogP contribution >= 0.6 is 0 Å². The first-order chi connectivity index (χ1) is 22.7. The van der Waals surface area contributed by atoms with Crippen LogP contribution in [-0.4, -0.2) is 59.6 Å². The van der Waals surface area contributed by atoms with Crippen LogP contribution in [0.15, 0.2) is 59.6 Å². The lowest BCUT2D eigenvalue weighted by Crippen LogP contribution is -2.50. The predicted molar refractivity (Wildman–Crippen MR) is 190 cm³/mol. The van der Waals surface area contributed by atoms with Gasteiger partial charge in [-0.25, -0.2) is 0 Å². The van der Waals surface area contributed by atoms with E-state index in [2.05, 4.69) is 29.5 Å². The number of rotatable bonds is 21. The van der Waals surface area contributed by atoms with Crippen molar-refractivity contribution >= 4 is 29.3 Å². The number of hydrogen-bond acceptors (Lipinski definition) is 7. The van der Waals surface area contributed by atoms with Gasteiger partial charge in [0.25, 0.3) is 0 Å². The molecule has 2 aromatic carbocycles. The summed E-state index contributed by atoms with van der Waals surface area (Å²) in [6, 6.07) is 14.2. The largest absolute Gasteiger partial charge is 0.508 e. The lowest BCUT2D eigenvalue weighted by Gasteiger charge is -2.27. The van der Waals surface area contributed by atoms with Crippen LogP contribution in [0.25, 0.3) is 0 Å². The Hall–Kier alpha value is -4.25. The SMILES string of the molecule is CC(C)[C@H](NC(=O)[C@@H](CC(=O)[C@H](Cc1ccccc1)NC(=O)[C@@H](CN)CCCN=C(N)N)Cc1ccc(O)cc1)C(=O)C[C@H](C)C(C)C. The zero-order valence-electron chi connectivity index (χ0n) is 29.2. The molecule has 2 amide bonds. The molecule has 0 radical (unpaired) electrons. The second-order valence-electron chi connectivity index (χ2n) is 13.5. The molecule has 0 aromatic heterocycles. The second kappa shape index (κ2) is 20.2. The van der Waals surface area contributed by atoms with E-state index in [-0.39, 0.29) is 66.8 Å². The van der Waals surface area contributed by atoms with Crippen molar-refractivity contribution in [2.24, 2.45) is 51.8 Å². The molecule has 5 atom stereocenters. The summed E-state index contributed by atoms with van der Waals surface area (Å²) in [4.78, 5) is 58.7. The molecule has 11 nitrogen and oxygen atoms in total. The van der Waals surface area contributed by atoms with Crippen molar-refractivity contribution in [3.63, 3.8) is 0 Å². The molecule has 11 heteroatoms. The van der Waals surface area contributed by atoms with Crippen molar-refractivity contribution in [2.75, 3.05) is 13.1 Å². The van der Waals surface area contributed by atoms with Gasteiger partial charge in [-0.3, -0.25) is 24.2 Å². The summed E-state index contributed by atoms with van der Waals surface area (Å²) in [6.07, 6.45) is 1.54. The minimum Gasteiger partial charge on any atom is -0.508 e. The minimum absolute atomic E-state index is 0.0302. The van der Waals surface area contributed by atoms with Crippen LogP contribution < -0.4 is 27.8 Å². The number of ketones is 2. The third-order valence-corrected chi connectivity index (χ3v) is 8.86. The van der Waals surface area contributed by atoms with E-state index >= 15 is 0 Å². The topological polar surface area (TPSA) is 203 Å². The molecule has 0 saturated carbocycles. The van der Waals surface area contributed by atoms with Crippen LogP contribution in [0.4, 0.5) is 0 Å². The van der Waals surface area contributed by atoms with Crippen molar-refractivity contribution in [2.45, 2.75) is 85.2 Å². The first-order valence-electron chi connectivity index (χ1n) is 16.9. The highest BCUT2D eigenvalue weighted by molar-refractivity contribution is 5.95. The molecule has 0 heterocycles. The molecular formula is C37H56N6O5. The number of nitrogens with one attached hydrogen (secondary N) is 2. The van der Waals surface area contributed by atoms with Gasteiger partial charge in [0.05, 0.1) is 18.0 Å². The van der Waals surface area contributed by atoms with Gasteiger partial charge < -0.3 is 32.9 Å². The molecular weight excluding hydrogens is 608 g/mol. The zero-order chi connectivity index (χ0) is 35.8. The average Bonchev–Trinajstić information content (AvgIpc) is 3.03. The fraction of sp³-hybridized carbons (Fsp3) is 0.541. The second-order valence-corrected chi connectivity index (χ2v) is 13.5. The Bertz CT molecular complexity index is 1340. The van der Waals surface area contributed by atoms with Crippen LogP contribution in [-0.2, 0) is 32.0 Å². The number of phenols is 1. The number of guanidine groups is 1. The molecule has 0 saturated heterocycles. The Morgan fingerprint density at radius 3 is 1.92 bits per heavy atom. The van der Waals surface area contributed by atoms with Gasteiger partial charge in [0.2, 0.25) is 11.8 Å². The van der Waals surface area contributed by atoms with Gasteiger partial charge in [0.15, 0.2) is 17.5 Å². The summed E-state index contributed by atoms with van der Waals surface area (Å²) in [5.74, 6) is -2.17. The Kier molecular flexibility index (Phi) is 16.8. The first kappa shape index (κ1) is 39.9. The Morgan fingerprint density at radius 2 is 1.35 bits per heavy atom. The van der Waals surface area contributed by atoms with Gasteiger partial charge >= 0.3 is 0 Å². The average molecular weight is 665 g/mol. The van der Waals surface area contributed by atoms with E-state index in [1.54, 1.807) is 12.1 Å². The molecule has 0 aliphatic heterocycles. The maximum absolute atomic E-state index is 14.1. The molecule has 0 aliphatic carbocycles. The molecule has 0 spiro atoms. The third kappa shape index (κ3) is 13.9. The van der Waals surface area contributed by atoms with E-state index in [1.165, 1.54) is 12.1 Å². The van der Waals surface area contributed by atoms with Gasteiger partial charge in [-0.05, 0) is 66.7 Å². The molecule has 0 aliphatic rings. The standard InChI is InChI=1S/C37H56N6O5/c1-23(2)25(5)18-33(46)34(24(3)4)43-36(48)29(19-27-13-15-30(44)16-14-27)21-32(45)31(20-26-10-7-6-8-11-26)42-35(47)28(22-38)12-9-17-41-37(39)40/h6-8,10-11,13-16,23-25,28-29,31,34,44H,9,12,17-22,38H2,1-5H3,(H,42,47)(H,43,48)(H4,39,40,41)/t25-,28+,29+,31-,34-/m0/s1. The number of hydrogen-bond donors (Lipinski definition) is 6. The van der Waals surface area contributed by atoms with E-state index in [9.17, 15) is 24.3 Å². The van der Waals surface area contributed by atoms with E-state index in [1.807, 2.05) is 51.1 Å². The van der Waals surface area contributed by atoms with E-state index in [0.717, 1.165) is 11.1 Å². The summed E-state index contributed by atoms with van der Waals surface area (Å²) < 4.78 is 0. The number of nitrogens with zero attached hydrogens (tertiary/aromatic N) is 1. The van der Waals surface area contributed by atoms with Gasteiger partial charge in [0.1, 0.15) is 5.75 Å². The molecule has 0 fully saturated rings. The molecule has 9 N–H and O–H groups in total. The smallest absolute Gasteiger partial charge is 0.224 e. The number of aromatic hydroxyl groups is 1. The summed E-state index contributed by atoms with van der Waals surface area (Å²) in [5.41, 5.74) is 18.4. The predicted octanol–water partition coefficient (Wildman–Crippen LogP) is 3.26. The Balaban J connectivity index is 2.35. The molecule has 2 aromatic rings. The van der Waals surface area contributed by atoms with Crippen molar-refractivity contribution in [1.82, 2.24) is 10.6 Å². The number of amides is 2. The van der Waals surface area contributed by atoms with Crippen LogP contribution in [0.1, 0.15) is 71.4 Å². The number of phenolic OH excluding ortho intramolecular Hbond substituents is 1. The molecule has 0 unspecified atom stereocenters. The van der Waals surface area contributed by atoms with Crippen LogP contribution in [0.2, 0.25) is 0 Å². The lowest BCUT2D eigenvalue weighted by atomic mass is 9.86. The van der Waals surface area contributed by atoms with E-state index < -0.39 is 29.8 Å². The summed E-state index contributed by atoms with van der Waals surface area (Å²) in [6.45, 7) is 10.4. The highest BCUT2D eigenvalue weighted by Gasteiger charge is 2.33. The van der Waals surface area contributed by atoms with Crippen molar-refractivity contribution < 1.29 is 24.3 Å². The number of Topliss-reactive ketones (excluding diaryl/α,β-unsaturated/α-hetero) is 2. The van der Waals surface area contributed by atoms with E-state index in [4.69, 9.17) is 17.2 Å². The van der Waals surface area contributed by atoms with E-state index in [0.29, 0.717) is 31.7 Å². The number of aliphatic imine (C=N–C) groups is 1. The molecule has 264 valence electrons. The maximum Gasteiger partial charge on any atom is 0.224 e. The first-order valence-corrected chi connectivity index (χ1v) is 16.9. The number of carbonyl (C=O) groups is 4. The Labute approximate surface area is 285 Å². The molecule has 48 heavy (non-hydrogen) atoms. The lowest BCUT2D eigenvalue weighted by molar-refractivity contribution is -0.134. The molecule has 0 bridgehead atoms. The van der Waals surface area contributed by atoms with Gasteiger partial charge in [-0.2, -0.15) is 0 Å². The summed E-state index contributed by atoms with van der Waals surface area (Å²) in [5, 5.41) is 15.7. The van der Waals surface area contributed by atoms with Crippen LogP contribution in [0.5, 0.6) is 5.75 Å². The number of benzene rings is 2. The highest BCUT2D eigenvalue weighted by Crippen LogP contribution is 2.21. The normalized spacial score (nSPS) is 14.4. The fourth-order valence-corrected chi connectivity index (χ4v) is 5.42. The fourth-order valence-electron chi connectivity index (χ4n) is 5.42.